The number of furan rings is 1. The third kappa shape index (κ3) is 4.73. The molecule has 6 nitrogen and oxygen atoms in total. The quantitative estimate of drug-likeness (QED) is 0.816. The van der Waals surface area contributed by atoms with Crippen LogP contribution < -0.4 is 9.46 Å². The summed E-state index contributed by atoms with van der Waals surface area (Å²) in [5, 5.41) is 0. The van der Waals surface area contributed by atoms with Gasteiger partial charge in [0.15, 0.2) is 0 Å². The SMILES string of the molecule is CO[C@@H](CNS(=O)(=O)c1ccccc1OC(F)(F)F)c1ccco1. The van der Waals surface area contributed by atoms with Gasteiger partial charge in [-0.05, 0) is 24.3 Å². The van der Waals surface area contributed by atoms with Gasteiger partial charge in [-0.1, -0.05) is 12.1 Å². The van der Waals surface area contributed by atoms with E-state index in [4.69, 9.17) is 9.15 Å². The fourth-order valence-electron chi connectivity index (χ4n) is 1.92. The average molecular weight is 365 g/mol. The van der Waals surface area contributed by atoms with Crippen LogP contribution in [0.5, 0.6) is 5.75 Å². The van der Waals surface area contributed by atoms with Crippen molar-refractivity contribution in [2.24, 2.45) is 0 Å². The van der Waals surface area contributed by atoms with Gasteiger partial charge in [-0.15, -0.1) is 13.2 Å². The van der Waals surface area contributed by atoms with E-state index in [0.717, 1.165) is 12.1 Å². The molecular formula is C14H14F3NO5S. The minimum atomic E-state index is -5.01. The number of sulfonamides is 1. The van der Waals surface area contributed by atoms with Crippen molar-refractivity contribution in [1.29, 1.82) is 0 Å². The first kappa shape index (κ1) is 18.3. The van der Waals surface area contributed by atoms with Gasteiger partial charge in [-0.3, -0.25) is 0 Å². The lowest BCUT2D eigenvalue weighted by Gasteiger charge is -2.16. The van der Waals surface area contributed by atoms with Gasteiger partial charge >= 0.3 is 6.36 Å². The monoisotopic (exact) mass is 365 g/mol. The molecule has 132 valence electrons. The molecule has 1 aromatic carbocycles. The fourth-order valence-corrected chi connectivity index (χ4v) is 3.08. The minimum Gasteiger partial charge on any atom is -0.467 e. The first-order valence-corrected chi connectivity index (χ1v) is 8.12. The van der Waals surface area contributed by atoms with Gasteiger partial charge < -0.3 is 13.9 Å². The van der Waals surface area contributed by atoms with Gasteiger partial charge in [0, 0.05) is 13.7 Å². The summed E-state index contributed by atoms with van der Waals surface area (Å²) in [6, 6.07) is 7.64. The Morgan fingerprint density at radius 3 is 2.50 bits per heavy atom. The van der Waals surface area contributed by atoms with Crippen molar-refractivity contribution in [3.05, 3.63) is 48.4 Å². The molecule has 0 unspecified atom stereocenters. The number of rotatable bonds is 7. The molecule has 24 heavy (non-hydrogen) atoms. The van der Waals surface area contributed by atoms with E-state index < -0.39 is 33.1 Å². The molecule has 1 heterocycles. The Morgan fingerprint density at radius 1 is 1.21 bits per heavy atom. The second kappa shape index (κ2) is 7.24. The van der Waals surface area contributed by atoms with Crippen molar-refractivity contribution in [2.75, 3.05) is 13.7 Å². The van der Waals surface area contributed by atoms with Gasteiger partial charge in [0.25, 0.3) is 0 Å². The Morgan fingerprint density at radius 2 is 1.92 bits per heavy atom. The number of nitrogens with one attached hydrogen (secondary N) is 1. The van der Waals surface area contributed by atoms with E-state index in [9.17, 15) is 21.6 Å². The van der Waals surface area contributed by atoms with Crippen molar-refractivity contribution < 1.29 is 35.5 Å². The van der Waals surface area contributed by atoms with E-state index in [1.807, 2.05) is 0 Å². The molecule has 0 amide bonds. The van der Waals surface area contributed by atoms with Crippen molar-refractivity contribution in [3.63, 3.8) is 0 Å². The van der Waals surface area contributed by atoms with Crippen LogP contribution in [0.25, 0.3) is 0 Å². The summed E-state index contributed by atoms with van der Waals surface area (Å²) >= 11 is 0. The molecule has 0 fully saturated rings. The lowest BCUT2D eigenvalue weighted by atomic mass is 10.3. The summed E-state index contributed by atoms with van der Waals surface area (Å²) in [6.07, 6.45) is -4.34. The molecule has 0 bridgehead atoms. The zero-order chi connectivity index (χ0) is 17.8. The number of benzene rings is 1. The lowest BCUT2D eigenvalue weighted by Crippen LogP contribution is -2.30. The zero-order valence-corrected chi connectivity index (χ0v) is 13.2. The van der Waals surface area contributed by atoms with Crippen LogP contribution in [0.1, 0.15) is 11.9 Å². The standard InChI is InChI=1S/C14H14F3NO5S/c1-21-12(10-6-4-8-22-10)9-18-24(19,20)13-7-3-2-5-11(13)23-14(15,16)17/h2-8,12,18H,9H2,1H3/t12-/m0/s1. The van der Waals surface area contributed by atoms with Gasteiger partial charge in [0.2, 0.25) is 10.0 Å². The molecule has 1 atom stereocenters. The molecule has 0 aliphatic rings. The molecule has 0 radical (unpaired) electrons. The summed E-state index contributed by atoms with van der Waals surface area (Å²) < 4.78 is 77.9. The van der Waals surface area contributed by atoms with Crippen LogP contribution in [0, 0.1) is 0 Å². The molecular weight excluding hydrogens is 351 g/mol. The Hall–Kier alpha value is -2.04. The molecule has 0 saturated heterocycles. The summed E-state index contributed by atoms with van der Waals surface area (Å²) in [4.78, 5) is -0.628. The maximum Gasteiger partial charge on any atom is 0.573 e. The van der Waals surface area contributed by atoms with E-state index in [1.165, 1.54) is 25.5 Å². The summed E-state index contributed by atoms with van der Waals surface area (Å²) in [5.41, 5.74) is 0. The van der Waals surface area contributed by atoms with Crippen LogP contribution in [-0.4, -0.2) is 28.4 Å². The third-order valence-corrected chi connectivity index (χ3v) is 4.43. The van der Waals surface area contributed by atoms with Crippen LogP contribution in [0.3, 0.4) is 0 Å². The smallest absolute Gasteiger partial charge is 0.467 e. The van der Waals surface area contributed by atoms with Gasteiger partial charge in [-0.2, -0.15) is 0 Å². The third-order valence-electron chi connectivity index (χ3n) is 2.97. The van der Waals surface area contributed by atoms with Gasteiger partial charge in [-0.25, -0.2) is 13.1 Å². The first-order chi connectivity index (χ1) is 11.2. The molecule has 0 spiro atoms. The lowest BCUT2D eigenvalue weighted by molar-refractivity contribution is -0.275. The highest BCUT2D eigenvalue weighted by atomic mass is 32.2. The maximum absolute atomic E-state index is 12.4. The molecule has 1 aromatic heterocycles. The number of alkyl halides is 3. The van der Waals surface area contributed by atoms with Crippen LogP contribution >= 0.6 is 0 Å². The second-order valence-electron chi connectivity index (χ2n) is 4.59. The van der Waals surface area contributed by atoms with Crippen molar-refractivity contribution >= 4 is 10.0 Å². The highest BCUT2D eigenvalue weighted by Gasteiger charge is 2.34. The Bertz CT molecular complexity index is 759. The van der Waals surface area contributed by atoms with Crippen LogP contribution in [-0.2, 0) is 14.8 Å². The number of halogens is 3. The predicted molar refractivity (Wildman–Crippen MR) is 76.8 cm³/mol. The molecule has 0 saturated carbocycles. The topological polar surface area (TPSA) is 77.8 Å². The van der Waals surface area contributed by atoms with Crippen LogP contribution in [0.4, 0.5) is 13.2 Å². The number of ether oxygens (including phenoxy) is 2. The Kier molecular flexibility index (Phi) is 5.52. The molecule has 2 aromatic rings. The normalized spacial score (nSPS) is 13.7. The molecule has 2 rings (SSSR count). The van der Waals surface area contributed by atoms with Crippen LogP contribution in [0.15, 0.2) is 52.0 Å². The van der Waals surface area contributed by atoms with Crippen molar-refractivity contribution in [3.8, 4) is 5.75 Å². The zero-order valence-electron chi connectivity index (χ0n) is 12.4. The van der Waals surface area contributed by atoms with E-state index in [1.54, 1.807) is 12.1 Å². The predicted octanol–water partition coefficient (Wildman–Crippen LogP) is 2.84. The van der Waals surface area contributed by atoms with E-state index in [2.05, 4.69) is 9.46 Å². The molecule has 1 N–H and O–H groups in total. The van der Waals surface area contributed by atoms with Crippen LogP contribution in [0.2, 0.25) is 0 Å². The van der Waals surface area contributed by atoms with Gasteiger partial charge in [0.05, 0.1) is 6.26 Å². The first-order valence-electron chi connectivity index (χ1n) is 6.63. The number of hydrogen-bond acceptors (Lipinski definition) is 5. The molecule has 0 aliphatic heterocycles. The van der Waals surface area contributed by atoms with Crippen molar-refractivity contribution in [1.82, 2.24) is 4.72 Å². The van der Waals surface area contributed by atoms with Crippen molar-refractivity contribution in [2.45, 2.75) is 17.4 Å². The fraction of sp³-hybridized carbons (Fsp3) is 0.286. The Labute approximate surface area is 136 Å². The highest BCUT2D eigenvalue weighted by Crippen LogP contribution is 2.29. The summed E-state index contributed by atoms with van der Waals surface area (Å²) in [6.45, 7) is -0.229. The number of hydrogen-bond donors (Lipinski definition) is 1. The van der Waals surface area contributed by atoms with E-state index in [-0.39, 0.29) is 6.54 Å². The second-order valence-corrected chi connectivity index (χ2v) is 6.32. The van der Waals surface area contributed by atoms with E-state index >= 15 is 0 Å². The largest absolute Gasteiger partial charge is 0.573 e. The maximum atomic E-state index is 12.4. The summed E-state index contributed by atoms with van der Waals surface area (Å²) in [7, 11) is -2.91. The van der Waals surface area contributed by atoms with Gasteiger partial charge in [0.1, 0.15) is 22.5 Å². The molecule has 0 aliphatic carbocycles. The summed E-state index contributed by atoms with van der Waals surface area (Å²) in [5.74, 6) is -0.440. The minimum absolute atomic E-state index is 0.229. The molecule has 10 heteroatoms. The highest BCUT2D eigenvalue weighted by molar-refractivity contribution is 7.89. The number of para-hydroxylation sites is 1. The number of methoxy groups -OCH3 is 1. The Balaban J connectivity index is 2.19. The average Bonchev–Trinajstić information content (AvgIpc) is 3.01. The van der Waals surface area contributed by atoms with E-state index in [0.29, 0.717) is 5.76 Å².